The van der Waals surface area contributed by atoms with E-state index in [1.165, 1.54) is 30.8 Å². The summed E-state index contributed by atoms with van der Waals surface area (Å²) in [5.74, 6) is 0. The van der Waals surface area contributed by atoms with Crippen LogP contribution in [0.2, 0.25) is 0 Å². The summed E-state index contributed by atoms with van der Waals surface area (Å²) in [7, 11) is 0. The highest BCUT2D eigenvalue weighted by molar-refractivity contribution is 7.09. The molecule has 1 fully saturated rings. The first-order chi connectivity index (χ1) is 7.34. The summed E-state index contributed by atoms with van der Waals surface area (Å²) in [5, 5.41) is 10.3. The summed E-state index contributed by atoms with van der Waals surface area (Å²) in [5.41, 5.74) is 0. The molecule has 2 rings (SSSR count). The van der Waals surface area contributed by atoms with Crippen molar-refractivity contribution >= 4 is 11.3 Å². The van der Waals surface area contributed by atoms with Crippen molar-refractivity contribution in [2.75, 3.05) is 6.54 Å². The average Bonchev–Trinajstić information content (AvgIpc) is 2.86. The minimum absolute atomic E-state index is 0.574. The summed E-state index contributed by atoms with van der Waals surface area (Å²) in [6, 6.07) is 1.30. The molecule has 2 unspecified atom stereocenters. The van der Waals surface area contributed by atoms with Gasteiger partial charge in [0.25, 0.3) is 0 Å². The summed E-state index contributed by atoms with van der Waals surface area (Å²) < 4.78 is 0. The Hall–Kier alpha value is -0.450. The van der Waals surface area contributed by atoms with Crippen LogP contribution in [0.4, 0.5) is 0 Å². The first-order valence-electron chi connectivity index (χ1n) is 5.70. The monoisotopic (exact) mass is 225 g/mol. The fraction of sp³-hybridized carbons (Fsp3) is 0.727. The molecule has 0 bridgehead atoms. The molecule has 0 radical (unpaired) electrons. The Labute approximate surface area is 95.3 Å². The molecule has 0 amide bonds. The number of nitrogens with zero attached hydrogens (tertiary/aromatic N) is 1. The number of nitrogens with one attached hydrogen (secondary N) is 2. The molecule has 15 heavy (non-hydrogen) atoms. The van der Waals surface area contributed by atoms with Crippen LogP contribution in [-0.4, -0.2) is 23.6 Å². The SMILES string of the molecule is CC(CC1CCCN1)NCc1nccs1. The zero-order valence-electron chi connectivity index (χ0n) is 9.20. The smallest absolute Gasteiger partial charge is 0.106 e. The first kappa shape index (κ1) is 11.0. The van der Waals surface area contributed by atoms with Crippen molar-refractivity contribution in [2.45, 2.75) is 44.8 Å². The van der Waals surface area contributed by atoms with Crippen LogP contribution in [0, 0.1) is 0 Å². The second-order valence-corrected chi connectivity index (χ2v) is 5.22. The van der Waals surface area contributed by atoms with Crippen molar-refractivity contribution in [3.8, 4) is 0 Å². The number of rotatable bonds is 5. The van der Waals surface area contributed by atoms with Gasteiger partial charge in [0.05, 0.1) is 0 Å². The molecule has 0 saturated carbocycles. The summed E-state index contributed by atoms with van der Waals surface area (Å²) in [6.07, 6.45) is 5.77. The van der Waals surface area contributed by atoms with Gasteiger partial charge < -0.3 is 10.6 Å². The van der Waals surface area contributed by atoms with Gasteiger partial charge in [0, 0.05) is 30.2 Å². The summed E-state index contributed by atoms with van der Waals surface area (Å²) in [4.78, 5) is 4.26. The minimum Gasteiger partial charge on any atom is -0.314 e. The molecule has 84 valence electrons. The molecule has 0 aromatic carbocycles. The van der Waals surface area contributed by atoms with Gasteiger partial charge in [0.2, 0.25) is 0 Å². The number of hydrogen-bond acceptors (Lipinski definition) is 4. The lowest BCUT2D eigenvalue weighted by Crippen LogP contribution is -2.33. The Balaban J connectivity index is 1.66. The molecular weight excluding hydrogens is 206 g/mol. The van der Waals surface area contributed by atoms with E-state index in [1.807, 2.05) is 11.6 Å². The quantitative estimate of drug-likeness (QED) is 0.802. The summed E-state index contributed by atoms with van der Waals surface area (Å²) >= 11 is 1.72. The predicted octanol–water partition coefficient (Wildman–Crippen LogP) is 1.76. The Morgan fingerprint density at radius 3 is 3.33 bits per heavy atom. The topological polar surface area (TPSA) is 37.0 Å². The molecule has 1 aliphatic rings. The van der Waals surface area contributed by atoms with Crippen LogP contribution in [0.3, 0.4) is 0 Å². The molecule has 1 aliphatic heterocycles. The average molecular weight is 225 g/mol. The third-order valence-electron chi connectivity index (χ3n) is 2.89. The van der Waals surface area contributed by atoms with Crippen LogP contribution in [0.1, 0.15) is 31.2 Å². The van der Waals surface area contributed by atoms with Crippen LogP contribution in [0.25, 0.3) is 0 Å². The van der Waals surface area contributed by atoms with Gasteiger partial charge >= 0.3 is 0 Å². The van der Waals surface area contributed by atoms with Crippen LogP contribution in [0.15, 0.2) is 11.6 Å². The van der Waals surface area contributed by atoms with Gasteiger partial charge in [-0.25, -0.2) is 4.98 Å². The van der Waals surface area contributed by atoms with Crippen molar-refractivity contribution < 1.29 is 0 Å². The molecule has 0 spiro atoms. The summed E-state index contributed by atoms with van der Waals surface area (Å²) in [6.45, 7) is 4.36. The van der Waals surface area contributed by atoms with Gasteiger partial charge in [0.15, 0.2) is 0 Å². The molecule has 2 N–H and O–H groups in total. The Morgan fingerprint density at radius 1 is 1.73 bits per heavy atom. The maximum absolute atomic E-state index is 4.26. The van der Waals surface area contributed by atoms with Gasteiger partial charge in [0.1, 0.15) is 5.01 Å². The maximum Gasteiger partial charge on any atom is 0.106 e. The highest BCUT2D eigenvalue weighted by Crippen LogP contribution is 2.11. The number of hydrogen-bond donors (Lipinski definition) is 2. The highest BCUT2D eigenvalue weighted by Gasteiger charge is 2.16. The van der Waals surface area contributed by atoms with E-state index in [4.69, 9.17) is 0 Å². The van der Waals surface area contributed by atoms with Crippen LogP contribution < -0.4 is 10.6 Å². The first-order valence-corrected chi connectivity index (χ1v) is 6.57. The molecule has 3 nitrogen and oxygen atoms in total. The second-order valence-electron chi connectivity index (χ2n) is 4.24. The number of aromatic nitrogens is 1. The van der Waals surface area contributed by atoms with Crippen molar-refractivity contribution in [2.24, 2.45) is 0 Å². The van der Waals surface area contributed by atoms with Crippen molar-refractivity contribution in [3.05, 3.63) is 16.6 Å². The number of thiazole rings is 1. The standard InChI is InChI=1S/C11H19N3S/c1-9(7-10-3-2-4-12-10)14-8-11-13-5-6-15-11/h5-6,9-10,12,14H,2-4,7-8H2,1H3. The van der Waals surface area contributed by atoms with Gasteiger partial charge in [-0.2, -0.15) is 0 Å². The Kier molecular flexibility index (Phi) is 4.11. The second kappa shape index (κ2) is 5.58. The van der Waals surface area contributed by atoms with E-state index in [0.29, 0.717) is 6.04 Å². The van der Waals surface area contributed by atoms with Crippen LogP contribution >= 0.6 is 11.3 Å². The van der Waals surface area contributed by atoms with E-state index >= 15 is 0 Å². The normalized spacial score (nSPS) is 23.1. The lowest BCUT2D eigenvalue weighted by atomic mass is 10.1. The Morgan fingerprint density at radius 2 is 2.67 bits per heavy atom. The molecule has 2 heterocycles. The van der Waals surface area contributed by atoms with Gasteiger partial charge in [-0.3, -0.25) is 0 Å². The lowest BCUT2D eigenvalue weighted by Gasteiger charge is -2.17. The fourth-order valence-corrected chi connectivity index (χ4v) is 2.64. The van der Waals surface area contributed by atoms with Gasteiger partial charge in [-0.15, -0.1) is 11.3 Å². The molecule has 2 atom stereocenters. The molecule has 1 aromatic rings. The third kappa shape index (κ3) is 3.55. The lowest BCUT2D eigenvalue weighted by molar-refractivity contribution is 0.439. The zero-order chi connectivity index (χ0) is 10.5. The van der Waals surface area contributed by atoms with E-state index in [1.54, 1.807) is 11.3 Å². The van der Waals surface area contributed by atoms with Crippen molar-refractivity contribution in [1.82, 2.24) is 15.6 Å². The van der Waals surface area contributed by atoms with E-state index in [2.05, 4.69) is 22.5 Å². The third-order valence-corrected chi connectivity index (χ3v) is 3.67. The molecule has 1 aromatic heterocycles. The van der Waals surface area contributed by atoms with Crippen molar-refractivity contribution in [3.63, 3.8) is 0 Å². The predicted molar refractivity (Wildman–Crippen MR) is 64.1 cm³/mol. The van der Waals surface area contributed by atoms with E-state index in [0.717, 1.165) is 12.6 Å². The molecule has 4 heteroatoms. The van der Waals surface area contributed by atoms with Gasteiger partial charge in [-0.1, -0.05) is 0 Å². The Bertz CT molecular complexity index is 267. The van der Waals surface area contributed by atoms with Crippen molar-refractivity contribution in [1.29, 1.82) is 0 Å². The van der Waals surface area contributed by atoms with Crippen LogP contribution in [-0.2, 0) is 6.54 Å². The van der Waals surface area contributed by atoms with E-state index < -0.39 is 0 Å². The molecule has 1 saturated heterocycles. The fourth-order valence-electron chi connectivity index (χ4n) is 2.07. The van der Waals surface area contributed by atoms with Crippen LogP contribution in [0.5, 0.6) is 0 Å². The largest absolute Gasteiger partial charge is 0.314 e. The minimum atomic E-state index is 0.574. The zero-order valence-corrected chi connectivity index (χ0v) is 10.0. The van der Waals surface area contributed by atoms with E-state index in [9.17, 15) is 0 Å². The highest BCUT2D eigenvalue weighted by atomic mass is 32.1. The van der Waals surface area contributed by atoms with E-state index in [-0.39, 0.29) is 0 Å². The van der Waals surface area contributed by atoms with Gasteiger partial charge in [-0.05, 0) is 32.7 Å². The maximum atomic E-state index is 4.26. The molecule has 0 aliphatic carbocycles. The molecular formula is C11H19N3S.